The monoisotopic (exact) mass is 167 g/mol. The van der Waals surface area contributed by atoms with Gasteiger partial charge in [0.05, 0.1) is 0 Å². The first-order chi connectivity index (χ1) is 5.81. The van der Waals surface area contributed by atoms with Crippen LogP contribution in [0.5, 0.6) is 0 Å². The lowest BCUT2D eigenvalue weighted by molar-refractivity contribution is 0.251. The Morgan fingerprint density at radius 1 is 1.42 bits per heavy atom. The Kier molecular flexibility index (Phi) is 2.40. The van der Waals surface area contributed by atoms with Gasteiger partial charge in [-0.05, 0) is 37.6 Å². The topological polar surface area (TPSA) is 12.0 Å². The molecular formula is C11H21N. The lowest BCUT2D eigenvalue weighted by Gasteiger charge is -2.29. The van der Waals surface area contributed by atoms with Gasteiger partial charge in [-0.2, -0.15) is 0 Å². The van der Waals surface area contributed by atoms with Crippen molar-refractivity contribution in [3.8, 4) is 0 Å². The molecule has 12 heavy (non-hydrogen) atoms. The Balaban J connectivity index is 1.74. The lowest BCUT2D eigenvalue weighted by atomic mass is 9.80. The van der Waals surface area contributed by atoms with E-state index in [4.69, 9.17) is 0 Å². The van der Waals surface area contributed by atoms with Crippen molar-refractivity contribution in [1.29, 1.82) is 0 Å². The third-order valence-corrected chi connectivity index (χ3v) is 3.87. The van der Waals surface area contributed by atoms with E-state index in [0.717, 1.165) is 23.8 Å². The summed E-state index contributed by atoms with van der Waals surface area (Å²) in [6.45, 7) is 2.38. The highest BCUT2D eigenvalue weighted by Gasteiger charge is 2.39. The molecule has 2 aliphatic rings. The Morgan fingerprint density at radius 2 is 2.08 bits per heavy atom. The fraction of sp³-hybridized carbons (Fsp3) is 1.00. The smallest absolute Gasteiger partial charge is 0.00976 e. The minimum Gasteiger partial charge on any atom is -0.317 e. The molecule has 0 radical (unpaired) electrons. The highest BCUT2D eigenvalue weighted by Crippen LogP contribution is 2.44. The number of rotatable bonds is 4. The van der Waals surface area contributed by atoms with Crippen LogP contribution in [0.2, 0.25) is 0 Å². The molecule has 0 bridgehead atoms. The van der Waals surface area contributed by atoms with Gasteiger partial charge in [0, 0.05) is 6.04 Å². The molecule has 3 unspecified atom stereocenters. The highest BCUT2D eigenvalue weighted by atomic mass is 14.9. The van der Waals surface area contributed by atoms with E-state index in [1.165, 1.54) is 32.1 Å². The maximum absolute atomic E-state index is 3.49. The lowest BCUT2D eigenvalue weighted by Crippen LogP contribution is -2.32. The van der Waals surface area contributed by atoms with Gasteiger partial charge < -0.3 is 5.32 Å². The van der Waals surface area contributed by atoms with Crippen LogP contribution in [-0.4, -0.2) is 13.1 Å². The van der Waals surface area contributed by atoms with Crippen LogP contribution in [0.1, 0.15) is 39.0 Å². The standard InChI is InChI=1S/C11H21N/c1-8-6-10(8)11(12-2)7-9-4-3-5-9/h8-12H,3-7H2,1-2H3. The summed E-state index contributed by atoms with van der Waals surface area (Å²) in [6.07, 6.45) is 7.41. The average Bonchev–Trinajstić information content (AvgIpc) is 2.65. The molecule has 2 fully saturated rings. The Labute approximate surface area is 75.9 Å². The Bertz CT molecular complexity index is 151. The molecule has 0 aromatic rings. The van der Waals surface area contributed by atoms with Crippen molar-refractivity contribution < 1.29 is 0 Å². The van der Waals surface area contributed by atoms with Crippen molar-refractivity contribution in [1.82, 2.24) is 5.32 Å². The number of nitrogens with one attached hydrogen (secondary N) is 1. The third kappa shape index (κ3) is 1.66. The summed E-state index contributed by atoms with van der Waals surface area (Å²) in [7, 11) is 2.13. The van der Waals surface area contributed by atoms with E-state index < -0.39 is 0 Å². The largest absolute Gasteiger partial charge is 0.317 e. The molecule has 0 spiro atoms. The van der Waals surface area contributed by atoms with Crippen LogP contribution in [0.25, 0.3) is 0 Å². The minimum absolute atomic E-state index is 0.838. The van der Waals surface area contributed by atoms with Crippen molar-refractivity contribution in [2.45, 2.75) is 45.1 Å². The molecule has 0 aromatic heterocycles. The Morgan fingerprint density at radius 3 is 2.42 bits per heavy atom. The van der Waals surface area contributed by atoms with Crippen LogP contribution in [0.15, 0.2) is 0 Å². The first-order valence-corrected chi connectivity index (χ1v) is 5.48. The van der Waals surface area contributed by atoms with E-state index in [1.807, 2.05) is 0 Å². The summed E-state index contributed by atoms with van der Waals surface area (Å²) in [5.74, 6) is 3.08. The molecule has 3 atom stereocenters. The summed E-state index contributed by atoms with van der Waals surface area (Å²) in [6, 6.07) is 0.838. The van der Waals surface area contributed by atoms with Crippen LogP contribution in [0.4, 0.5) is 0 Å². The van der Waals surface area contributed by atoms with E-state index in [2.05, 4.69) is 19.3 Å². The van der Waals surface area contributed by atoms with E-state index >= 15 is 0 Å². The summed E-state index contributed by atoms with van der Waals surface area (Å²) >= 11 is 0. The minimum atomic E-state index is 0.838. The van der Waals surface area contributed by atoms with Gasteiger partial charge >= 0.3 is 0 Å². The van der Waals surface area contributed by atoms with Gasteiger partial charge in [0.15, 0.2) is 0 Å². The maximum Gasteiger partial charge on any atom is 0.00976 e. The first kappa shape index (κ1) is 8.55. The number of hydrogen-bond donors (Lipinski definition) is 1. The molecule has 2 rings (SSSR count). The van der Waals surface area contributed by atoms with E-state index in [0.29, 0.717) is 0 Å². The SMILES string of the molecule is CNC(CC1CCC1)C1CC1C. The summed E-state index contributed by atoms with van der Waals surface area (Å²) in [5, 5.41) is 3.49. The molecule has 0 aromatic carbocycles. The zero-order valence-electron chi connectivity index (χ0n) is 8.34. The third-order valence-electron chi connectivity index (χ3n) is 3.87. The normalized spacial score (nSPS) is 37.5. The van der Waals surface area contributed by atoms with Gasteiger partial charge in [0.25, 0.3) is 0 Å². The van der Waals surface area contributed by atoms with E-state index in [1.54, 1.807) is 0 Å². The fourth-order valence-corrected chi connectivity index (χ4v) is 2.51. The highest BCUT2D eigenvalue weighted by molar-refractivity contribution is 4.93. The summed E-state index contributed by atoms with van der Waals surface area (Å²) in [5.41, 5.74) is 0. The molecule has 2 aliphatic carbocycles. The van der Waals surface area contributed by atoms with Crippen LogP contribution in [-0.2, 0) is 0 Å². The van der Waals surface area contributed by atoms with Gasteiger partial charge in [0.1, 0.15) is 0 Å². The van der Waals surface area contributed by atoms with Crippen LogP contribution < -0.4 is 5.32 Å². The molecular weight excluding hydrogens is 146 g/mol. The van der Waals surface area contributed by atoms with Crippen LogP contribution >= 0.6 is 0 Å². The van der Waals surface area contributed by atoms with E-state index in [-0.39, 0.29) is 0 Å². The molecule has 1 N–H and O–H groups in total. The second-order valence-electron chi connectivity index (χ2n) is 4.80. The molecule has 1 nitrogen and oxygen atoms in total. The van der Waals surface area contributed by atoms with Gasteiger partial charge in [-0.1, -0.05) is 26.2 Å². The average molecular weight is 167 g/mol. The predicted octanol–water partition coefficient (Wildman–Crippen LogP) is 2.42. The van der Waals surface area contributed by atoms with Crippen molar-refractivity contribution in [2.24, 2.45) is 17.8 Å². The summed E-state index contributed by atoms with van der Waals surface area (Å²) < 4.78 is 0. The zero-order chi connectivity index (χ0) is 8.55. The number of hydrogen-bond acceptors (Lipinski definition) is 1. The second kappa shape index (κ2) is 3.37. The molecule has 0 heterocycles. The van der Waals surface area contributed by atoms with Crippen molar-refractivity contribution in [3.63, 3.8) is 0 Å². The van der Waals surface area contributed by atoms with Crippen molar-refractivity contribution in [3.05, 3.63) is 0 Å². The maximum atomic E-state index is 3.49. The van der Waals surface area contributed by atoms with E-state index in [9.17, 15) is 0 Å². The molecule has 0 aliphatic heterocycles. The fourth-order valence-electron chi connectivity index (χ4n) is 2.51. The van der Waals surface area contributed by atoms with Gasteiger partial charge in [0.2, 0.25) is 0 Å². The Hall–Kier alpha value is -0.0400. The van der Waals surface area contributed by atoms with Crippen molar-refractivity contribution >= 4 is 0 Å². The molecule has 1 heteroatoms. The summed E-state index contributed by atoms with van der Waals surface area (Å²) in [4.78, 5) is 0. The van der Waals surface area contributed by atoms with Gasteiger partial charge in [-0.15, -0.1) is 0 Å². The first-order valence-electron chi connectivity index (χ1n) is 5.48. The van der Waals surface area contributed by atoms with Gasteiger partial charge in [-0.25, -0.2) is 0 Å². The zero-order valence-corrected chi connectivity index (χ0v) is 8.34. The molecule has 70 valence electrons. The van der Waals surface area contributed by atoms with Crippen LogP contribution in [0.3, 0.4) is 0 Å². The van der Waals surface area contributed by atoms with Crippen molar-refractivity contribution in [2.75, 3.05) is 7.05 Å². The van der Waals surface area contributed by atoms with Crippen LogP contribution in [0, 0.1) is 17.8 Å². The quantitative estimate of drug-likeness (QED) is 0.678. The molecule has 2 saturated carbocycles. The molecule has 0 amide bonds. The molecule has 0 saturated heterocycles. The van der Waals surface area contributed by atoms with Gasteiger partial charge in [-0.3, -0.25) is 0 Å². The second-order valence-corrected chi connectivity index (χ2v) is 4.80. The predicted molar refractivity (Wildman–Crippen MR) is 52.1 cm³/mol.